The molecule has 0 amide bonds. The molecule has 0 bridgehead atoms. The molecule has 0 aromatic carbocycles. The lowest BCUT2D eigenvalue weighted by Gasteiger charge is -2.53. The van der Waals surface area contributed by atoms with Crippen LogP contribution in [0.5, 0.6) is 0 Å². The molecule has 2 N–H and O–H groups in total. The minimum absolute atomic E-state index is 0.115. The van der Waals surface area contributed by atoms with E-state index in [0.29, 0.717) is 26.4 Å². The topological polar surface area (TPSA) is 77.4 Å². The van der Waals surface area contributed by atoms with Crippen LogP contribution in [0.3, 0.4) is 0 Å². The Bertz CT molecular complexity index is 448. The fourth-order valence-corrected chi connectivity index (χ4v) is 5.02. The van der Waals surface area contributed by atoms with E-state index < -0.39 is 11.6 Å². The third kappa shape index (κ3) is 5.57. The number of aliphatic hydroxyl groups excluding tert-OH is 2. The zero-order chi connectivity index (χ0) is 21.6. The van der Waals surface area contributed by atoms with Gasteiger partial charge in [0, 0.05) is 36.5 Å². The number of aliphatic hydroxyl groups is 2. The summed E-state index contributed by atoms with van der Waals surface area (Å²) in [4.78, 5) is 0. The van der Waals surface area contributed by atoms with Crippen LogP contribution in [0.15, 0.2) is 0 Å². The van der Waals surface area contributed by atoms with Gasteiger partial charge in [-0.2, -0.15) is 0 Å². The third-order valence-corrected chi connectivity index (χ3v) is 7.63. The van der Waals surface area contributed by atoms with E-state index in [4.69, 9.17) is 18.9 Å². The summed E-state index contributed by atoms with van der Waals surface area (Å²) >= 11 is 0. The highest BCUT2D eigenvalue weighted by Crippen LogP contribution is 2.48. The standard InChI is InChI=1S/C24H44O6/c1-3-5-7-9-21(15-25)17-27-23(28-18-21)11-13-24(14-12-23)29-19-22(16-26,20-30-24)10-8-6-4-2/h25-26H,3-20H2,1-2H3. The molecule has 3 fully saturated rings. The number of rotatable bonds is 10. The molecule has 6 heteroatoms. The number of unbranched alkanes of at least 4 members (excludes halogenated alkanes) is 4. The van der Waals surface area contributed by atoms with Crippen molar-refractivity contribution in [1.82, 2.24) is 0 Å². The predicted molar refractivity (Wildman–Crippen MR) is 115 cm³/mol. The minimum Gasteiger partial charge on any atom is -0.396 e. The molecule has 1 aliphatic carbocycles. The zero-order valence-electron chi connectivity index (χ0n) is 19.3. The molecule has 2 aliphatic heterocycles. The fourth-order valence-electron chi connectivity index (χ4n) is 5.02. The molecule has 2 spiro atoms. The molecule has 0 aromatic rings. The van der Waals surface area contributed by atoms with Crippen molar-refractivity contribution in [1.29, 1.82) is 0 Å². The van der Waals surface area contributed by atoms with Crippen LogP contribution in [0.2, 0.25) is 0 Å². The summed E-state index contributed by atoms with van der Waals surface area (Å²) in [5.74, 6) is -1.12. The van der Waals surface area contributed by atoms with Crippen molar-refractivity contribution < 1.29 is 29.2 Å². The van der Waals surface area contributed by atoms with Gasteiger partial charge in [0.1, 0.15) is 0 Å². The van der Waals surface area contributed by atoms with E-state index in [1.54, 1.807) is 0 Å². The third-order valence-electron chi connectivity index (χ3n) is 7.63. The monoisotopic (exact) mass is 428 g/mol. The average Bonchev–Trinajstić information content (AvgIpc) is 2.80. The van der Waals surface area contributed by atoms with Gasteiger partial charge >= 0.3 is 0 Å². The quantitative estimate of drug-likeness (QED) is 0.509. The van der Waals surface area contributed by atoms with Gasteiger partial charge in [-0.1, -0.05) is 52.4 Å². The Morgan fingerprint density at radius 2 is 0.900 bits per heavy atom. The second kappa shape index (κ2) is 10.6. The first kappa shape index (κ1) is 24.4. The van der Waals surface area contributed by atoms with E-state index in [0.717, 1.165) is 51.4 Å². The van der Waals surface area contributed by atoms with Crippen molar-refractivity contribution in [3.05, 3.63) is 0 Å². The SMILES string of the molecule is CCCCCC1(CO)COC2(CCC3(CC2)OCC(CO)(CCCCC)CO3)OC1. The second-order valence-corrected chi connectivity index (χ2v) is 10.2. The largest absolute Gasteiger partial charge is 0.396 e. The van der Waals surface area contributed by atoms with Gasteiger partial charge in [-0.05, 0) is 12.8 Å². The Balaban J connectivity index is 1.48. The van der Waals surface area contributed by atoms with Gasteiger partial charge in [-0.3, -0.25) is 0 Å². The highest BCUT2D eigenvalue weighted by molar-refractivity contribution is 4.94. The van der Waals surface area contributed by atoms with E-state index >= 15 is 0 Å². The van der Waals surface area contributed by atoms with E-state index in [9.17, 15) is 10.2 Å². The maximum Gasteiger partial charge on any atom is 0.168 e. The number of hydrogen-bond acceptors (Lipinski definition) is 6. The van der Waals surface area contributed by atoms with Crippen molar-refractivity contribution in [2.24, 2.45) is 10.8 Å². The summed E-state index contributed by atoms with van der Waals surface area (Å²) in [6.45, 7) is 6.86. The van der Waals surface area contributed by atoms with Crippen molar-refractivity contribution >= 4 is 0 Å². The molecule has 176 valence electrons. The highest BCUT2D eigenvalue weighted by Gasteiger charge is 2.53. The summed E-state index contributed by atoms with van der Waals surface area (Å²) in [6, 6.07) is 0. The van der Waals surface area contributed by atoms with Crippen molar-refractivity contribution in [3.8, 4) is 0 Å². The highest BCUT2D eigenvalue weighted by atomic mass is 16.7. The molecular formula is C24H44O6. The lowest BCUT2D eigenvalue weighted by atomic mass is 9.80. The van der Waals surface area contributed by atoms with Crippen molar-refractivity contribution in [2.45, 2.75) is 102 Å². The van der Waals surface area contributed by atoms with Gasteiger partial charge in [-0.15, -0.1) is 0 Å². The zero-order valence-corrected chi connectivity index (χ0v) is 19.3. The Kier molecular flexibility index (Phi) is 8.61. The first-order chi connectivity index (χ1) is 14.5. The Hall–Kier alpha value is -0.240. The summed E-state index contributed by atoms with van der Waals surface area (Å²) in [7, 11) is 0. The van der Waals surface area contributed by atoms with Crippen LogP contribution in [-0.4, -0.2) is 61.4 Å². The van der Waals surface area contributed by atoms with Crippen LogP contribution in [0.25, 0.3) is 0 Å². The van der Waals surface area contributed by atoms with E-state index in [-0.39, 0.29) is 24.0 Å². The Labute approximate surface area is 182 Å². The molecule has 2 heterocycles. The molecule has 3 aliphatic rings. The maximum absolute atomic E-state index is 9.96. The average molecular weight is 429 g/mol. The molecule has 2 saturated heterocycles. The molecule has 0 radical (unpaired) electrons. The molecule has 6 nitrogen and oxygen atoms in total. The molecular weight excluding hydrogens is 384 g/mol. The van der Waals surface area contributed by atoms with Gasteiger partial charge < -0.3 is 29.2 Å². The molecule has 0 aromatic heterocycles. The van der Waals surface area contributed by atoms with E-state index in [1.165, 1.54) is 25.7 Å². The molecule has 0 unspecified atom stereocenters. The summed E-state index contributed by atoms with van der Waals surface area (Å²) in [5, 5.41) is 19.9. The Morgan fingerprint density at radius 3 is 1.17 bits per heavy atom. The maximum atomic E-state index is 9.96. The van der Waals surface area contributed by atoms with E-state index in [2.05, 4.69) is 13.8 Å². The molecule has 3 rings (SSSR count). The van der Waals surface area contributed by atoms with Crippen LogP contribution in [-0.2, 0) is 18.9 Å². The first-order valence-electron chi connectivity index (χ1n) is 12.3. The normalized spacial score (nSPS) is 39.6. The van der Waals surface area contributed by atoms with Crippen LogP contribution in [0, 0.1) is 10.8 Å². The van der Waals surface area contributed by atoms with Crippen molar-refractivity contribution in [3.63, 3.8) is 0 Å². The van der Waals surface area contributed by atoms with Gasteiger partial charge in [-0.25, -0.2) is 0 Å². The van der Waals surface area contributed by atoms with Gasteiger partial charge in [0.2, 0.25) is 0 Å². The van der Waals surface area contributed by atoms with E-state index in [1.807, 2.05) is 0 Å². The molecule has 0 atom stereocenters. The summed E-state index contributed by atoms with van der Waals surface area (Å²) in [5.41, 5.74) is -0.515. The lowest BCUT2D eigenvalue weighted by Crippen LogP contribution is -2.58. The second-order valence-electron chi connectivity index (χ2n) is 10.2. The van der Waals surface area contributed by atoms with Crippen molar-refractivity contribution in [2.75, 3.05) is 39.6 Å². The van der Waals surface area contributed by atoms with Crippen LogP contribution < -0.4 is 0 Å². The predicted octanol–water partition coefficient (Wildman–Crippen LogP) is 4.16. The van der Waals surface area contributed by atoms with Crippen LogP contribution in [0.4, 0.5) is 0 Å². The Morgan fingerprint density at radius 1 is 0.567 bits per heavy atom. The van der Waals surface area contributed by atoms with Gasteiger partial charge in [0.15, 0.2) is 11.6 Å². The molecule has 30 heavy (non-hydrogen) atoms. The first-order valence-corrected chi connectivity index (χ1v) is 12.3. The summed E-state index contributed by atoms with van der Waals surface area (Å²) in [6.07, 6.45) is 11.8. The molecule has 1 saturated carbocycles. The number of hydrogen-bond donors (Lipinski definition) is 2. The number of ether oxygens (including phenoxy) is 4. The summed E-state index contributed by atoms with van der Waals surface area (Å²) < 4.78 is 25.1. The van der Waals surface area contributed by atoms with Gasteiger partial charge in [0.05, 0.1) is 39.6 Å². The van der Waals surface area contributed by atoms with Crippen LogP contribution >= 0.6 is 0 Å². The smallest absolute Gasteiger partial charge is 0.168 e. The van der Waals surface area contributed by atoms with Gasteiger partial charge in [0.25, 0.3) is 0 Å². The van der Waals surface area contributed by atoms with Crippen LogP contribution in [0.1, 0.15) is 90.9 Å². The minimum atomic E-state index is -0.561. The fraction of sp³-hybridized carbons (Fsp3) is 1.00. The lowest BCUT2D eigenvalue weighted by molar-refractivity contribution is -0.371.